The zero-order chi connectivity index (χ0) is 44.8. The molecule has 1 unspecified atom stereocenters. The summed E-state index contributed by atoms with van der Waals surface area (Å²) in [4.78, 5) is 89.8. The minimum absolute atomic E-state index is 0.0195. The van der Waals surface area contributed by atoms with Gasteiger partial charge in [-0.25, -0.2) is 18.8 Å². The quantitative estimate of drug-likeness (QED) is 0.0793. The van der Waals surface area contributed by atoms with Crippen molar-refractivity contribution in [1.82, 2.24) is 23.4 Å². The van der Waals surface area contributed by atoms with Gasteiger partial charge < -0.3 is 9.05 Å². The maximum absolute atomic E-state index is 14.6. The van der Waals surface area contributed by atoms with E-state index in [1.807, 2.05) is 20.8 Å². The van der Waals surface area contributed by atoms with Crippen molar-refractivity contribution in [3.8, 4) is 6.07 Å². The monoisotopic (exact) mass is 861 g/mol. The second-order valence-electron chi connectivity index (χ2n) is 15.8. The van der Waals surface area contributed by atoms with Crippen LogP contribution in [0.1, 0.15) is 102 Å². The van der Waals surface area contributed by atoms with Crippen LogP contribution in [-0.4, -0.2) is 60.5 Å². The summed E-state index contributed by atoms with van der Waals surface area (Å²) in [7, 11) is -1.47. The van der Waals surface area contributed by atoms with Crippen molar-refractivity contribution in [3.05, 3.63) is 153 Å². The topological polar surface area (TPSA) is 182 Å². The third-order valence-corrected chi connectivity index (χ3v) is 12.7. The van der Waals surface area contributed by atoms with Gasteiger partial charge in [0.15, 0.2) is 0 Å². The molecule has 15 nitrogen and oxygen atoms in total. The summed E-state index contributed by atoms with van der Waals surface area (Å²) in [5.74, 6) is -1.78. The lowest BCUT2D eigenvalue weighted by Gasteiger charge is -2.35. The minimum Gasteiger partial charge on any atom is -0.322 e. The van der Waals surface area contributed by atoms with E-state index in [1.54, 1.807) is 60.7 Å². The average molecular weight is 862 g/mol. The largest absolute Gasteiger partial charge is 0.339 e. The number of fused-ring (bicyclic) bond motifs is 2. The van der Waals surface area contributed by atoms with Gasteiger partial charge in [0, 0.05) is 41.9 Å². The van der Waals surface area contributed by atoms with E-state index in [0.717, 1.165) is 25.8 Å². The number of aryl methyl sites for hydroxylation is 2. The number of hydrogen-bond donors (Lipinski definition) is 1. The Morgan fingerprint density at radius 1 is 0.790 bits per heavy atom. The highest BCUT2D eigenvalue weighted by molar-refractivity contribution is 7.44. The molecule has 1 N–H and O–H groups in total. The van der Waals surface area contributed by atoms with Crippen molar-refractivity contribution >= 4 is 37.7 Å². The predicted molar refractivity (Wildman–Crippen MR) is 239 cm³/mol. The van der Waals surface area contributed by atoms with Crippen LogP contribution >= 0.6 is 8.53 Å². The molecular formula is C46H52N7O8P. The maximum Gasteiger partial charge on any atom is 0.339 e. The smallest absolute Gasteiger partial charge is 0.322 e. The van der Waals surface area contributed by atoms with Crippen LogP contribution in [0.15, 0.2) is 92.0 Å². The van der Waals surface area contributed by atoms with E-state index in [4.69, 9.17) is 14.3 Å². The first-order chi connectivity index (χ1) is 29.7. The average Bonchev–Trinajstić information content (AvgIpc) is 3.23. The zero-order valence-corrected chi connectivity index (χ0v) is 37.0. The highest BCUT2D eigenvalue weighted by Crippen LogP contribution is 2.46. The first-order valence-corrected chi connectivity index (χ1v) is 21.9. The van der Waals surface area contributed by atoms with Gasteiger partial charge in [0.05, 0.1) is 36.8 Å². The number of nitriles is 1. The molecule has 0 aliphatic carbocycles. The minimum atomic E-state index is -1.47. The molecule has 1 atom stereocenters. The molecular weight excluding hydrogens is 810 g/mol. The van der Waals surface area contributed by atoms with E-state index in [2.05, 4.69) is 43.4 Å². The molecule has 0 bridgehead atoms. The number of hydrogen-bond acceptors (Lipinski definition) is 11. The van der Waals surface area contributed by atoms with E-state index in [1.165, 1.54) is 17.0 Å². The fraction of sp³-hybridized carbons (Fsp3) is 0.370. The van der Waals surface area contributed by atoms with Gasteiger partial charge in [-0.15, -0.1) is 0 Å². The highest BCUT2D eigenvalue weighted by atomic mass is 31.2. The third kappa shape index (κ3) is 9.39. The predicted octanol–water partition coefficient (Wildman–Crippen LogP) is 6.86. The van der Waals surface area contributed by atoms with Gasteiger partial charge in [0.1, 0.15) is 11.6 Å². The molecule has 3 aromatic carbocycles. The summed E-state index contributed by atoms with van der Waals surface area (Å²) in [5.41, 5.74) is -0.439. The van der Waals surface area contributed by atoms with E-state index >= 15 is 0 Å². The zero-order valence-electron chi connectivity index (χ0n) is 36.1. The Hall–Kier alpha value is -6.04. The van der Waals surface area contributed by atoms with Crippen LogP contribution in [-0.2, 0) is 28.4 Å². The molecule has 0 radical (unpaired) electrons. The summed E-state index contributed by atoms with van der Waals surface area (Å²) in [5, 5.41) is 9.09. The normalized spacial score (nSPS) is 12.7. The van der Waals surface area contributed by atoms with E-state index in [0.29, 0.717) is 29.5 Å². The number of anilines is 3. The Kier molecular flexibility index (Phi) is 14.5. The van der Waals surface area contributed by atoms with E-state index in [-0.39, 0.29) is 78.6 Å². The molecule has 16 heteroatoms. The number of nitrogens with one attached hydrogen (secondary N) is 1. The highest BCUT2D eigenvalue weighted by Gasteiger charge is 2.37. The summed E-state index contributed by atoms with van der Waals surface area (Å²) in [6.07, 6.45) is 1.42. The number of rotatable bonds is 16. The number of aromatic amines is 1. The van der Waals surface area contributed by atoms with Gasteiger partial charge in [0.2, 0.25) is 0 Å². The fourth-order valence-electron chi connectivity index (χ4n) is 7.42. The first-order valence-electron chi connectivity index (χ1n) is 20.8. The molecule has 1 aliphatic rings. The second kappa shape index (κ2) is 19.8. The van der Waals surface area contributed by atoms with Gasteiger partial charge in [-0.05, 0) is 96.3 Å². The van der Waals surface area contributed by atoms with Gasteiger partial charge in [-0.3, -0.25) is 33.6 Å². The summed E-state index contributed by atoms with van der Waals surface area (Å²) < 4.78 is 16.9. The number of nitrogens with zero attached hydrogens (tertiary/aromatic N) is 6. The van der Waals surface area contributed by atoms with Crippen molar-refractivity contribution in [3.63, 3.8) is 0 Å². The molecule has 0 saturated carbocycles. The van der Waals surface area contributed by atoms with Crippen LogP contribution in [0, 0.1) is 25.2 Å². The summed E-state index contributed by atoms with van der Waals surface area (Å²) in [6.45, 7) is 14.4. The van der Waals surface area contributed by atoms with Gasteiger partial charge in [-0.2, -0.15) is 9.83 Å². The van der Waals surface area contributed by atoms with Crippen LogP contribution in [0.4, 0.5) is 17.3 Å². The molecule has 0 saturated heterocycles. The standard InChI is InChI=1S/C46H52N7O8P/c1-8-9-25-49-43(56)38-28-37-39(48-45(58)52(44(37)57)42(55)35-19-13-32(7)14-20-35)50(40(38)51(46(49)59)41(54)34-17-11-31(6)12-18-34)36-21-15-33(16-22-36)23-27-61-62(60-26-10-24-47)53(29(2)3)30(4)5/h11-22,29-30H,8-10,23,25-28H2,1-7H3,(H,48,58). The van der Waals surface area contributed by atoms with Crippen molar-refractivity contribution in [1.29, 1.82) is 5.26 Å². The van der Waals surface area contributed by atoms with E-state index in [9.17, 15) is 28.8 Å². The molecule has 3 heterocycles. The summed E-state index contributed by atoms with van der Waals surface area (Å²) >= 11 is 0. The Morgan fingerprint density at radius 2 is 1.35 bits per heavy atom. The lowest BCUT2D eigenvalue weighted by atomic mass is 10.0. The van der Waals surface area contributed by atoms with E-state index < -0.39 is 42.8 Å². The molecule has 6 rings (SSSR count). The molecule has 2 aromatic heterocycles. The van der Waals surface area contributed by atoms with Crippen LogP contribution in [0.3, 0.4) is 0 Å². The van der Waals surface area contributed by atoms with Gasteiger partial charge >= 0.3 is 11.4 Å². The first kappa shape index (κ1) is 45.5. The Balaban J connectivity index is 1.50. The Morgan fingerprint density at radius 3 is 1.90 bits per heavy atom. The maximum atomic E-state index is 14.6. The Labute approximate surface area is 360 Å². The van der Waals surface area contributed by atoms with Crippen molar-refractivity contribution in [2.24, 2.45) is 0 Å². The molecule has 1 aliphatic heterocycles. The van der Waals surface area contributed by atoms with Crippen LogP contribution < -0.4 is 27.4 Å². The number of H-pyrrole nitrogens is 1. The molecule has 0 spiro atoms. The van der Waals surface area contributed by atoms with Crippen molar-refractivity contribution < 1.29 is 18.6 Å². The lowest BCUT2D eigenvalue weighted by molar-refractivity contribution is 0.0944. The second-order valence-corrected chi connectivity index (χ2v) is 17.2. The molecule has 0 fully saturated rings. The molecule has 0 amide bonds. The number of carbonyl (C=O) groups is 2. The SMILES string of the molecule is CCCCn1c(=O)c2c(n(C(=O)c3ccc(C)cc3)c1=O)N(c1ccc(CCOP(OCCC#N)N(C(C)C)C(C)C)cc1)c1[nH]c(=O)n(C(=O)c3ccc(C)cc3)c(=O)c1C2. The fourth-order valence-corrected chi connectivity index (χ4v) is 9.02. The molecule has 5 aromatic rings. The lowest BCUT2D eigenvalue weighted by Crippen LogP contribution is -2.50. The van der Waals surface area contributed by atoms with Crippen LogP contribution in [0.5, 0.6) is 0 Å². The molecule has 324 valence electrons. The number of unbranched alkanes of at least 4 members (excludes halogenated alkanes) is 1. The van der Waals surface area contributed by atoms with Crippen LogP contribution in [0.2, 0.25) is 0 Å². The summed E-state index contributed by atoms with van der Waals surface area (Å²) in [6, 6.07) is 22.5. The third-order valence-electron chi connectivity index (χ3n) is 10.6. The number of carbonyl (C=O) groups excluding carboxylic acids is 2. The number of benzene rings is 3. The van der Waals surface area contributed by atoms with Crippen molar-refractivity contribution in [2.45, 2.75) is 99.2 Å². The van der Waals surface area contributed by atoms with Gasteiger partial charge in [0.25, 0.3) is 31.5 Å². The Bertz CT molecular complexity index is 2720. The number of aromatic nitrogens is 4. The van der Waals surface area contributed by atoms with Gasteiger partial charge in [-0.1, -0.05) is 60.9 Å². The molecule has 62 heavy (non-hydrogen) atoms. The van der Waals surface area contributed by atoms with Crippen LogP contribution in [0.25, 0.3) is 0 Å². The van der Waals surface area contributed by atoms with Crippen molar-refractivity contribution in [2.75, 3.05) is 18.1 Å².